The SMILES string of the molecule is CCOC(=O)/C(C#N)=C\c1cn(Cc2ccc(C)cc2)c2ccccc12. The third kappa shape index (κ3) is 3.68. The molecule has 0 unspecified atom stereocenters. The number of carbonyl (C=O) groups excluding carboxylic acids is 1. The number of carbonyl (C=O) groups is 1. The molecule has 0 aliphatic rings. The van der Waals surface area contributed by atoms with Gasteiger partial charge in [0.15, 0.2) is 0 Å². The van der Waals surface area contributed by atoms with Gasteiger partial charge in [-0.1, -0.05) is 48.0 Å². The quantitative estimate of drug-likeness (QED) is 0.390. The van der Waals surface area contributed by atoms with Crippen LogP contribution in [0.15, 0.2) is 60.3 Å². The maximum atomic E-state index is 11.9. The van der Waals surface area contributed by atoms with Gasteiger partial charge in [-0.25, -0.2) is 4.79 Å². The number of rotatable bonds is 5. The van der Waals surface area contributed by atoms with E-state index in [2.05, 4.69) is 35.8 Å². The molecule has 0 saturated carbocycles. The van der Waals surface area contributed by atoms with Crippen molar-refractivity contribution in [1.82, 2.24) is 4.57 Å². The lowest BCUT2D eigenvalue weighted by atomic mass is 10.1. The Bertz CT molecular complexity index is 1000. The second kappa shape index (κ2) is 7.71. The second-order valence-corrected chi connectivity index (χ2v) is 6.11. The van der Waals surface area contributed by atoms with Gasteiger partial charge >= 0.3 is 5.97 Å². The minimum absolute atomic E-state index is 0.00471. The van der Waals surface area contributed by atoms with Crippen molar-refractivity contribution in [2.24, 2.45) is 0 Å². The van der Waals surface area contributed by atoms with Crippen molar-refractivity contribution < 1.29 is 9.53 Å². The molecule has 0 amide bonds. The zero-order valence-corrected chi connectivity index (χ0v) is 14.9. The van der Waals surface area contributed by atoms with Crippen LogP contribution in [-0.2, 0) is 16.1 Å². The van der Waals surface area contributed by atoms with Gasteiger partial charge in [-0.05, 0) is 31.6 Å². The molecule has 3 aromatic rings. The number of nitrogens with zero attached hydrogens (tertiary/aromatic N) is 2. The van der Waals surface area contributed by atoms with Crippen LogP contribution < -0.4 is 0 Å². The van der Waals surface area contributed by atoms with Gasteiger partial charge < -0.3 is 9.30 Å². The van der Waals surface area contributed by atoms with Crippen molar-refractivity contribution >= 4 is 22.9 Å². The third-order valence-electron chi connectivity index (χ3n) is 4.21. The summed E-state index contributed by atoms with van der Waals surface area (Å²) in [6.07, 6.45) is 3.58. The smallest absolute Gasteiger partial charge is 0.348 e. The number of aromatic nitrogens is 1. The van der Waals surface area contributed by atoms with Crippen LogP contribution in [0.3, 0.4) is 0 Å². The first kappa shape index (κ1) is 17.5. The van der Waals surface area contributed by atoms with Crippen LogP contribution >= 0.6 is 0 Å². The first-order chi connectivity index (χ1) is 12.6. The lowest BCUT2D eigenvalue weighted by molar-refractivity contribution is -0.137. The minimum atomic E-state index is -0.592. The molecular weight excluding hydrogens is 324 g/mol. The van der Waals surface area contributed by atoms with Crippen LogP contribution in [0.25, 0.3) is 17.0 Å². The molecule has 4 nitrogen and oxygen atoms in total. The fourth-order valence-corrected chi connectivity index (χ4v) is 2.91. The van der Waals surface area contributed by atoms with Crippen molar-refractivity contribution in [1.29, 1.82) is 5.26 Å². The van der Waals surface area contributed by atoms with E-state index in [9.17, 15) is 10.1 Å². The van der Waals surface area contributed by atoms with Crippen LogP contribution in [-0.4, -0.2) is 17.1 Å². The Morgan fingerprint density at radius 3 is 2.62 bits per heavy atom. The number of ether oxygens (including phenoxy) is 1. The Morgan fingerprint density at radius 1 is 1.19 bits per heavy atom. The minimum Gasteiger partial charge on any atom is -0.462 e. The van der Waals surface area contributed by atoms with Gasteiger partial charge in [0.25, 0.3) is 0 Å². The molecule has 0 aliphatic heterocycles. The first-order valence-electron chi connectivity index (χ1n) is 8.54. The van der Waals surface area contributed by atoms with Crippen LogP contribution in [0.1, 0.15) is 23.6 Å². The Kier molecular flexibility index (Phi) is 5.19. The summed E-state index contributed by atoms with van der Waals surface area (Å²) in [6, 6.07) is 18.3. The van der Waals surface area contributed by atoms with Crippen molar-refractivity contribution in [3.8, 4) is 6.07 Å². The van der Waals surface area contributed by atoms with Gasteiger partial charge in [-0.15, -0.1) is 0 Å². The summed E-state index contributed by atoms with van der Waals surface area (Å²) in [5.41, 5.74) is 4.31. The number of nitriles is 1. The zero-order chi connectivity index (χ0) is 18.5. The van der Waals surface area contributed by atoms with E-state index < -0.39 is 5.97 Å². The summed E-state index contributed by atoms with van der Waals surface area (Å²) >= 11 is 0. The predicted octanol–water partition coefficient (Wildman–Crippen LogP) is 4.47. The number of esters is 1. The van der Waals surface area contributed by atoms with Gasteiger partial charge in [0.1, 0.15) is 11.6 Å². The normalized spacial score (nSPS) is 11.3. The highest BCUT2D eigenvalue weighted by atomic mass is 16.5. The van der Waals surface area contributed by atoms with Crippen molar-refractivity contribution in [2.45, 2.75) is 20.4 Å². The van der Waals surface area contributed by atoms with Crippen LogP contribution in [0.4, 0.5) is 0 Å². The van der Waals surface area contributed by atoms with E-state index in [4.69, 9.17) is 4.74 Å². The molecule has 1 heterocycles. The maximum Gasteiger partial charge on any atom is 0.348 e. The molecule has 0 spiro atoms. The number of benzene rings is 2. The zero-order valence-electron chi connectivity index (χ0n) is 14.9. The molecule has 0 fully saturated rings. The second-order valence-electron chi connectivity index (χ2n) is 6.11. The van der Waals surface area contributed by atoms with E-state index in [1.54, 1.807) is 13.0 Å². The molecule has 1 aromatic heterocycles. The molecule has 4 heteroatoms. The average molecular weight is 344 g/mol. The Morgan fingerprint density at radius 2 is 1.92 bits per heavy atom. The highest BCUT2D eigenvalue weighted by Crippen LogP contribution is 2.25. The van der Waals surface area contributed by atoms with Crippen molar-refractivity contribution in [3.05, 3.63) is 77.0 Å². The molecule has 3 rings (SSSR count). The van der Waals surface area contributed by atoms with Crippen molar-refractivity contribution in [3.63, 3.8) is 0 Å². The summed E-state index contributed by atoms with van der Waals surface area (Å²) in [5, 5.41) is 10.3. The number of hydrogen-bond acceptors (Lipinski definition) is 3. The van der Waals surface area contributed by atoms with Gasteiger partial charge in [-0.2, -0.15) is 5.26 Å². The summed E-state index contributed by atoms with van der Waals surface area (Å²) in [4.78, 5) is 11.9. The molecule has 2 aromatic carbocycles. The fourth-order valence-electron chi connectivity index (χ4n) is 2.91. The van der Waals surface area contributed by atoms with Gasteiger partial charge in [-0.3, -0.25) is 0 Å². The van der Waals surface area contributed by atoms with Crippen molar-refractivity contribution in [2.75, 3.05) is 6.61 Å². The Balaban J connectivity index is 2.03. The van der Waals surface area contributed by atoms with E-state index in [0.29, 0.717) is 0 Å². The highest BCUT2D eigenvalue weighted by molar-refractivity contribution is 6.01. The van der Waals surface area contributed by atoms with E-state index in [-0.39, 0.29) is 12.2 Å². The molecular formula is C22H20N2O2. The fraction of sp³-hybridized carbons (Fsp3) is 0.182. The molecule has 0 atom stereocenters. The number of para-hydroxylation sites is 1. The van der Waals surface area contributed by atoms with Crippen LogP contribution in [0.2, 0.25) is 0 Å². The number of aryl methyl sites for hydroxylation is 1. The Hall–Kier alpha value is -3.32. The number of fused-ring (bicyclic) bond motifs is 1. The van der Waals surface area contributed by atoms with E-state index in [0.717, 1.165) is 23.0 Å². The maximum absolute atomic E-state index is 11.9. The molecule has 0 bridgehead atoms. The topological polar surface area (TPSA) is 55.0 Å². The number of hydrogen-bond donors (Lipinski definition) is 0. The molecule has 130 valence electrons. The predicted molar refractivity (Wildman–Crippen MR) is 102 cm³/mol. The largest absolute Gasteiger partial charge is 0.462 e. The summed E-state index contributed by atoms with van der Waals surface area (Å²) in [6.45, 7) is 4.75. The Labute approximate surface area is 152 Å². The molecule has 0 radical (unpaired) electrons. The molecule has 0 N–H and O–H groups in total. The van der Waals surface area contributed by atoms with Gasteiger partial charge in [0.2, 0.25) is 0 Å². The summed E-state index contributed by atoms with van der Waals surface area (Å²) in [7, 11) is 0. The average Bonchev–Trinajstić information content (AvgIpc) is 2.99. The molecule has 26 heavy (non-hydrogen) atoms. The van der Waals surface area contributed by atoms with Gasteiger partial charge in [0, 0.05) is 29.2 Å². The third-order valence-corrected chi connectivity index (χ3v) is 4.21. The summed E-state index contributed by atoms with van der Waals surface area (Å²) in [5.74, 6) is -0.592. The lowest BCUT2D eigenvalue weighted by Gasteiger charge is -2.06. The van der Waals surface area contributed by atoms with Gasteiger partial charge in [0.05, 0.1) is 6.61 Å². The monoisotopic (exact) mass is 344 g/mol. The van der Waals surface area contributed by atoms with E-state index in [1.807, 2.05) is 36.5 Å². The first-order valence-corrected chi connectivity index (χ1v) is 8.54. The van der Waals surface area contributed by atoms with E-state index in [1.165, 1.54) is 11.1 Å². The molecule has 0 aliphatic carbocycles. The molecule has 0 saturated heterocycles. The highest BCUT2D eigenvalue weighted by Gasteiger charge is 2.13. The summed E-state index contributed by atoms with van der Waals surface area (Å²) < 4.78 is 7.09. The standard InChI is InChI=1S/C22H20N2O2/c1-3-26-22(25)18(13-23)12-19-15-24(21-7-5-4-6-20(19)21)14-17-10-8-16(2)9-11-17/h4-12,15H,3,14H2,1-2H3/b18-12-. The van der Waals surface area contributed by atoms with E-state index >= 15 is 0 Å². The lowest BCUT2D eigenvalue weighted by Crippen LogP contribution is -2.05. The van der Waals surface area contributed by atoms with Crippen LogP contribution in [0, 0.1) is 18.3 Å². The van der Waals surface area contributed by atoms with Crippen LogP contribution in [0.5, 0.6) is 0 Å².